The zero-order chi connectivity index (χ0) is 12.7. The molecule has 1 aromatic heterocycles. The second-order valence-corrected chi connectivity index (χ2v) is 5.96. The molecular weight excluding hydrogens is 294 g/mol. The van der Waals surface area contributed by atoms with E-state index in [1.54, 1.807) is 0 Å². The van der Waals surface area contributed by atoms with Crippen LogP contribution in [0.3, 0.4) is 0 Å². The van der Waals surface area contributed by atoms with Crippen molar-refractivity contribution in [1.29, 1.82) is 0 Å². The van der Waals surface area contributed by atoms with E-state index in [9.17, 15) is 0 Å². The van der Waals surface area contributed by atoms with E-state index < -0.39 is 0 Å². The Balaban J connectivity index is 1.96. The molecule has 2 fully saturated rings. The van der Waals surface area contributed by atoms with Crippen molar-refractivity contribution in [2.45, 2.75) is 50.7 Å². The molecule has 2 aliphatic rings. The van der Waals surface area contributed by atoms with Crippen molar-refractivity contribution in [3.63, 3.8) is 0 Å². The number of anilines is 1. The zero-order valence-electron chi connectivity index (χ0n) is 10.7. The van der Waals surface area contributed by atoms with Crippen LogP contribution in [0.25, 0.3) is 0 Å². The average molecular weight is 312 g/mol. The molecule has 0 aromatic carbocycles. The van der Waals surface area contributed by atoms with Gasteiger partial charge in [-0.15, -0.1) is 0 Å². The van der Waals surface area contributed by atoms with Gasteiger partial charge in [0.15, 0.2) is 5.82 Å². The first-order chi connectivity index (χ1) is 8.69. The third-order valence-corrected chi connectivity index (χ3v) is 4.40. The van der Waals surface area contributed by atoms with Crippen molar-refractivity contribution in [2.75, 3.05) is 12.4 Å². The third kappa shape index (κ3) is 2.26. The molecule has 2 heterocycles. The van der Waals surface area contributed by atoms with Crippen LogP contribution in [-0.2, 0) is 4.74 Å². The monoisotopic (exact) mass is 311 g/mol. The van der Waals surface area contributed by atoms with E-state index in [1.807, 2.05) is 7.05 Å². The Morgan fingerprint density at radius 1 is 1.22 bits per heavy atom. The summed E-state index contributed by atoms with van der Waals surface area (Å²) >= 11 is 3.61. The van der Waals surface area contributed by atoms with Crippen molar-refractivity contribution in [3.8, 4) is 0 Å². The molecule has 2 unspecified atom stereocenters. The van der Waals surface area contributed by atoms with Crippen LogP contribution in [0.2, 0.25) is 0 Å². The first kappa shape index (κ1) is 12.4. The van der Waals surface area contributed by atoms with Crippen LogP contribution in [0.15, 0.2) is 4.47 Å². The van der Waals surface area contributed by atoms with Crippen LogP contribution in [0.5, 0.6) is 0 Å². The molecule has 1 saturated carbocycles. The average Bonchev–Trinajstić information content (AvgIpc) is 3.12. The van der Waals surface area contributed by atoms with Crippen LogP contribution in [-0.4, -0.2) is 23.1 Å². The van der Waals surface area contributed by atoms with Crippen LogP contribution in [0.4, 0.5) is 5.82 Å². The summed E-state index contributed by atoms with van der Waals surface area (Å²) in [4.78, 5) is 9.32. The highest BCUT2D eigenvalue weighted by atomic mass is 79.9. The summed E-state index contributed by atoms with van der Waals surface area (Å²) in [6.45, 7) is 2.11. The van der Waals surface area contributed by atoms with E-state index in [0.29, 0.717) is 12.0 Å². The second-order valence-electron chi connectivity index (χ2n) is 5.17. The highest BCUT2D eigenvalue weighted by molar-refractivity contribution is 9.10. The summed E-state index contributed by atoms with van der Waals surface area (Å²) in [6.07, 6.45) is 4.98. The van der Waals surface area contributed by atoms with Gasteiger partial charge in [0.05, 0.1) is 16.3 Å². The van der Waals surface area contributed by atoms with Gasteiger partial charge >= 0.3 is 0 Å². The van der Waals surface area contributed by atoms with Gasteiger partial charge in [0.25, 0.3) is 0 Å². The maximum Gasteiger partial charge on any atom is 0.159 e. The lowest BCUT2D eigenvalue weighted by atomic mass is 10.2. The molecule has 2 atom stereocenters. The summed E-state index contributed by atoms with van der Waals surface area (Å²) in [5.41, 5.74) is 1.15. The molecule has 3 rings (SSSR count). The van der Waals surface area contributed by atoms with Crippen LogP contribution in [0, 0.1) is 0 Å². The van der Waals surface area contributed by atoms with E-state index in [0.717, 1.165) is 34.7 Å². The van der Waals surface area contributed by atoms with E-state index in [1.165, 1.54) is 12.8 Å². The van der Waals surface area contributed by atoms with Gasteiger partial charge in [-0.25, -0.2) is 9.97 Å². The van der Waals surface area contributed by atoms with E-state index in [2.05, 4.69) is 33.2 Å². The predicted molar refractivity (Wildman–Crippen MR) is 73.8 cm³/mol. The molecular formula is C13H18BrN3O. The molecule has 1 aliphatic heterocycles. The first-order valence-corrected chi connectivity index (χ1v) is 7.39. The van der Waals surface area contributed by atoms with Gasteiger partial charge in [-0.2, -0.15) is 0 Å². The number of nitrogens with zero attached hydrogens (tertiary/aromatic N) is 2. The SMILES string of the molecule is CNc1nc(C2CCC(C)O2)nc(C2CC2)c1Br. The van der Waals surface area contributed by atoms with E-state index >= 15 is 0 Å². The molecule has 4 nitrogen and oxygen atoms in total. The van der Waals surface area contributed by atoms with Crippen LogP contribution < -0.4 is 5.32 Å². The van der Waals surface area contributed by atoms with Crippen molar-refractivity contribution in [1.82, 2.24) is 9.97 Å². The summed E-state index contributed by atoms with van der Waals surface area (Å²) in [7, 11) is 1.89. The van der Waals surface area contributed by atoms with Gasteiger partial charge in [0.1, 0.15) is 11.9 Å². The summed E-state index contributed by atoms with van der Waals surface area (Å²) < 4.78 is 6.89. The molecule has 0 bridgehead atoms. The quantitative estimate of drug-likeness (QED) is 0.929. The molecule has 1 aliphatic carbocycles. The second kappa shape index (κ2) is 4.78. The van der Waals surface area contributed by atoms with Crippen LogP contribution >= 0.6 is 15.9 Å². The highest BCUT2D eigenvalue weighted by Crippen LogP contribution is 2.44. The lowest BCUT2D eigenvalue weighted by molar-refractivity contribution is 0.0502. The van der Waals surface area contributed by atoms with Gasteiger partial charge in [0.2, 0.25) is 0 Å². The van der Waals surface area contributed by atoms with E-state index in [4.69, 9.17) is 9.72 Å². The maximum atomic E-state index is 5.87. The number of hydrogen-bond acceptors (Lipinski definition) is 4. The summed E-state index contributed by atoms with van der Waals surface area (Å²) in [5, 5.41) is 3.14. The van der Waals surface area contributed by atoms with Crippen molar-refractivity contribution in [3.05, 3.63) is 16.0 Å². The Labute approximate surface area is 116 Å². The standard InChI is InChI=1S/C13H18BrN3O/c1-7-3-6-9(18-7)12-16-11(8-4-5-8)10(14)13(15-2)17-12/h7-9H,3-6H2,1-2H3,(H,15,16,17). The minimum atomic E-state index is 0.0673. The Morgan fingerprint density at radius 3 is 2.56 bits per heavy atom. The fourth-order valence-corrected chi connectivity index (χ4v) is 3.11. The lowest BCUT2D eigenvalue weighted by Crippen LogP contribution is -2.10. The molecule has 1 aromatic rings. The number of nitrogens with one attached hydrogen (secondary N) is 1. The third-order valence-electron chi connectivity index (χ3n) is 3.61. The van der Waals surface area contributed by atoms with Gasteiger partial charge in [-0.3, -0.25) is 0 Å². The number of rotatable bonds is 3. The molecule has 5 heteroatoms. The minimum absolute atomic E-state index is 0.0673. The number of hydrogen-bond donors (Lipinski definition) is 1. The molecule has 0 radical (unpaired) electrons. The summed E-state index contributed by atoms with van der Waals surface area (Å²) in [5.74, 6) is 2.32. The van der Waals surface area contributed by atoms with Gasteiger partial charge in [0, 0.05) is 13.0 Å². The predicted octanol–water partition coefficient (Wildman–Crippen LogP) is 3.40. The van der Waals surface area contributed by atoms with Crippen molar-refractivity contribution in [2.24, 2.45) is 0 Å². The van der Waals surface area contributed by atoms with Gasteiger partial charge < -0.3 is 10.1 Å². The fraction of sp³-hybridized carbons (Fsp3) is 0.692. The number of halogens is 1. The smallest absolute Gasteiger partial charge is 0.159 e. The van der Waals surface area contributed by atoms with Crippen LogP contribution in [0.1, 0.15) is 56.1 Å². The molecule has 0 amide bonds. The Kier molecular flexibility index (Phi) is 3.28. The molecule has 18 heavy (non-hydrogen) atoms. The normalized spacial score (nSPS) is 27.5. The lowest BCUT2D eigenvalue weighted by Gasteiger charge is -2.14. The van der Waals surface area contributed by atoms with Gasteiger partial charge in [-0.05, 0) is 48.5 Å². The Morgan fingerprint density at radius 2 is 2.00 bits per heavy atom. The largest absolute Gasteiger partial charge is 0.372 e. The highest BCUT2D eigenvalue weighted by Gasteiger charge is 2.32. The molecule has 1 N–H and O–H groups in total. The Hall–Kier alpha value is -0.680. The maximum absolute atomic E-state index is 5.87. The van der Waals surface area contributed by atoms with Crippen molar-refractivity contribution >= 4 is 21.7 Å². The molecule has 98 valence electrons. The topological polar surface area (TPSA) is 47.0 Å². The number of ether oxygens (including phenoxy) is 1. The fourth-order valence-electron chi connectivity index (χ4n) is 2.41. The minimum Gasteiger partial charge on any atom is -0.372 e. The zero-order valence-corrected chi connectivity index (χ0v) is 12.3. The van der Waals surface area contributed by atoms with Crippen molar-refractivity contribution < 1.29 is 4.74 Å². The van der Waals surface area contributed by atoms with E-state index in [-0.39, 0.29) is 6.10 Å². The molecule has 1 saturated heterocycles. The first-order valence-electron chi connectivity index (χ1n) is 6.59. The number of aromatic nitrogens is 2. The van der Waals surface area contributed by atoms with Gasteiger partial charge in [-0.1, -0.05) is 0 Å². The molecule has 0 spiro atoms. The Bertz CT molecular complexity index is 462. The summed E-state index contributed by atoms with van der Waals surface area (Å²) in [6, 6.07) is 0.